The van der Waals surface area contributed by atoms with E-state index in [1.165, 1.54) is 18.5 Å². The zero-order valence-corrected chi connectivity index (χ0v) is 10.6. The van der Waals surface area contributed by atoms with Crippen LogP contribution in [0.3, 0.4) is 0 Å². The first kappa shape index (κ1) is 12.1. The van der Waals surface area contributed by atoms with Gasteiger partial charge < -0.3 is 5.73 Å². The van der Waals surface area contributed by atoms with Crippen LogP contribution in [0.2, 0.25) is 0 Å². The van der Waals surface area contributed by atoms with Gasteiger partial charge in [0.2, 0.25) is 0 Å². The van der Waals surface area contributed by atoms with Crippen LogP contribution in [-0.2, 0) is 6.42 Å². The van der Waals surface area contributed by atoms with Crippen molar-refractivity contribution in [1.82, 2.24) is 9.97 Å². The Kier molecular flexibility index (Phi) is 3.81. The Balaban J connectivity index is 2.16. The maximum atomic E-state index is 12.9. The second-order valence-corrected chi connectivity index (χ2v) is 4.53. The van der Waals surface area contributed by atoms with E-state index in [0.717, 1.165) is 15.7 Å². The first-order valence-corrected chi connectivity index (χ1v) is 5.91. The molecule has 3 nitrogen and oxygen atoms in total. The average molecular weight is 296 g/mol. The quantitative estimate of drug-likeness (QED) is 0.947. The van der Waals surface area contributed by atoms with Crippen molar-refractivity contribution in [3.63, 3.8) is 0 Å². The molecule has 0 fully saturated rings. The molecule has 1 atom stereocenters. The van der Waals surface area contributed by atoms with Gasteiger partial charge in [-0.3, -0.25) is 0 Å². The van der Waals surface area contributed by atoms with E-state index >= 15 is 0 Å². The SMILES string of the molecule is NC(Cc1ccc(F)cc1Br)c1ccncn1. The number of nitrogens with two attached hydrogens (primary N) is 1. The summed E-state index contributed by atoms with van der Waals surface area (Å²) in [5, 5.41) is 0. The summed E-state index contributed by atoms with van der Waals surface area (Å²) >= 11 is 3.32. The topological polar surface area (TPSA) is 51.8 Å². The third kappa shape index (κ3) is 3.08. The normalized spacial score (nSPS) is 12.4. The Morgan fingerprint density at radius 3 is 2.82 bits per heavy atom. The van der Waals surface area contributed by atoms with E-state index in [0.29, 0.717) is 6.42 Å². The standard InChI is InChI=1S/C12H11BrFN3/c13-10-6-9(14)2-1-8(10)5-11(15)12-3-4-16-7-17-12/h1-4,6-7,11H,5,15H2. The largest absolute Gasteiger partial charge is 0.322 e. The maximum absolute atomic E-state index is 12.9. The zero-order valence-electron chi connectivity index (χ0n) is 8.98. The number of hydrogen-bond acceptors (Lipinski definition) is 3. The second-order valence-electron chi connectivity index (χ2n) is 3.68. The molecule has 2 N–H and O–H groups in total. The summed E-state index contributed by atoms with van der Waals surface area (Å²) in [5.41, 5.74) is 7.76. The highest BCUT2D eigenvalue weighted by molar-refractivity contribution is 9.10. The van der Waals surface area contributed by atoms with Crippen molar-refractivity contribution in [2.24, 2.45) is 5.73 Å². The fraction of sp³-hybridized carbons (Fsp3) is 0.167. The van der Waals surface area contributed by atoms with Gasteiger partial charge in [0.15, 0.2) is 0 Å². The minimum Gasteiger partial charge on any atom is -0.322 e. The molecule has 1 aromatic heterocycles. The summed E-state index contributed by atoms with van der Waals surface area (Å²) in [6.07, 6.45) is 3.72. The van der Waals surface area contributed by atoms with Gasteiger partial charge in [0.05, 0.1) is 11.7 Å². The summed E-state index contributed by atoms with van der Waals surface area (Å²) in [4.78, 5) is 7.94. The fourth-order valence-corrected chi connectivity index (χ4v) is 2.06. The van der Waals surface area contributed by atoms with Crippen LogP contribution in [0.4, 0.5) is 4.39 Å². The van der Waals surface area contributed by atoms with E-state index in [1.807, 2.05) is 0 Å². The summed E-state index contributed by atoms with van der Waals surface area (Å²) in [7, 11) is 0. The third-order valence-electron chi connectivity index (χ3n) is 2.44. The number of halogens is 2. The van der Waals surface area contributed by atoms with E-state index in [1.54, 1.807) is 18.3 Å². The molecule has 1 unspecified atom stereocenters. The highest BCUT2D eigenvalue weighted by atomic mass is 79.9. The Morgan fingerprint density at radius 1 is 1.35 bits per heavy atom. The maximum Gasteiger partial charge on any atom is 0.124 e. The highest BCUT2D eigenvalue weighted by Gasteiger charge is 2.10. The Hall–Kier alpha value is -1.33. The lowest BCUT2D eigenvalue weighted by atomic mass is 10.0. The van der Waals surface area contributed by atoms with E-state index < -0.39 is 0 Å². The molecule has 5 heteroatoms. The molecule has 1 aromatic carbocycles. The van der Waals surface area contributed by atoms with Crippen molar-refractivity contribution in [3.05, 3.63) is 58.3 Å². The van der Waals surface area contributed by atoms with Gasteiger partial charge in [-0.15, -0.1) is 0 Å². The van der Waals surface area contributed by atoms with E-state index in [2.05, 4.69) is 25.9 Å². The minimum absolute atomic E-state index is 0.222. The minimum atomic E-state index is -0.267. The molecule has 88 valence electrons. The lowest BCUT2D eigenvalue weighted by molar-refractivity contribution is 0.623. The van der Waals surface area contributed by atoms with E-state index in [-0.39, 0.29) is 11.9 Å². The van der Waals surface area contributed by atoms with Crippen LogP contribution in [0.15, 0.2) is 41.3 Å². The lowest BCUT2D eigenvalue weighted by Gasteiger charge is -2.12. The Morgan fingerprint density at radius 2 is 2.18 bits per heavy atom. The molecule has 1 heterocycles. The van der Waals surface area contributed by atoms with Gasteiger partial charge in [0.1, 0.15) is 12.1 Å². The third-order valence-corrected chi connectivity index (χ3v) is 3.18. The molecule has 0 aliphatic carbocycles. The number of benzene rings is 1. The molecular weight excluding hydrogens is 285 g/mol. The molecule has 2 aromatic rings. The number of hydrogen-bond donors (Lipinski definition) is 1. The van der Waals surface area contributed by atoms with Crippen LogP contribution in [-0.4, -0.2) is 9.97 Å². The van der Waals surface area contributed by atoms with Crippen molar-refractivity contribution in [2.75, 3.05) is 0 Å². The van der Waals surface area contributed by atoms with E-state index in [4.69, 9.17) is 5.73 Å². The van der Waals surface area contributed by atoms with Gasteiger partial charge >= 0.3 is 0 Å². The predicted octanol–water partition coefficient (Wildman–Crippen LogP) is 2.62. The van der Waals surface area contributed by atoms with E-state index in [9.17, 15) is 4.39 Å². The van der Waals surface area contributed by atoms with Crippen molar-refractivity contribution < 1.29 is 4.39 Å². The Bertz CT molecular complexity index is 504. The first-order chi connectivity index (χ1) is 8.16. The van der Waals surface area contributed by atoms with Gasteiger partial charge in [0.25, 0.3) is 0 Å². The van der Waals surface area contributed by atoms with Gasteiger partial charge in [0, 0.05) is 10.7 Å². The second kappa shape index (κ2) is 5.33. The summed E-state index contributed by atoms with van der Waals surface area (Å²) in [6, 6.07) is 6.14. The van der Waals surface area contributed by atoms with Crippen LogP contribution < -0.4 is 5.73 Å². The predicted molar refractivity (Wildman–Crippen MR) is 66.8 cm³/mol. The molecule has 0 bridgehead atoms. The molecule has 0 aliphatic rings. The zero-order chi connectivity index (χ0) is 12.3. The molecule has 0 amide bonds. The summed E-state index contributed by atoms with van der Waals surface area (Å²) in [6.45, 7) is 0. The van der Waals surface area contributed by atoms with Gasteiger partial charge in [-0.05, 0) is 30.2 Å². The van der Waals surface area contributed by atoms with Crippen LogP contribution in [0.1, 0.15) is 17.3 Å². The molecule has 2 rings (SSSR count). The first-order valence-electron chi connectivity index (χ1n) is 5.12. The number of nitrogens with zero attached hydrogens (tertiary/aromatic N) is 2. The highest BCUT2D eigenvalue weighted by Crippen LogP contribution is 2.22. The molecular formula is C12H11BrFN3. The molecule has 0 radical (unpaired) electrons. The molecule has 0 aliphatic heterocycles. The summed E-state index contributed by atoms with van der Waals surface area (Å²) < 4.78 is 13.7. The monoisotopic (exact) mass is 295 g/mol. The van der Waals surface area contributed by atoms with Crippen molar-refractivity contribution in [3.8, 4) is 0 Å². The average Bonchev–Trinajstić information content (AvgIpc) is 2.34. The Labute approximate surface area is 107 Å². The fourth-order valence-electron chi connectivity index (χ4n) is 1.55. The van der Waals surface area contributed by atoms with Crippen molar-refractivity contribution in [2.45, 2.75) is 12.5 Å². The smallest absolute Gasteiger partial charge is 0.124 e. The molecule has 0 spiro atoms. The number of aromatic nitrogens is 2. The van der Waals surface area contributed by atoms with Gasteiger partial charge in [-0.25, -0.2) is 14.4 Å². The molecule has 0 saturated carbocycles. The number of rotatable bonds is 3. The van der Waals surface area contributed by atoms with Gasteiger partial charge in [-0.1, -0.05) is 22.0 Å². The van der Waals surface area contributed by atoms with Gasteiger partial charge in [-0.2, -0.15) is 0 Å². The molecule has 0 saturated heterocycles. The molecule has 17 heavy (non-hydrogen) atoms. The van der Waals surface area contributed by atoms with Crippen LogP contribution in [0.5, 0.6) is 0 Å². The van der Waals surface area contributed by atoms with Crippen LogP contribution >= 0.6 is 15.9 Å². The van der Waals surface area contributed by atoms with Crippen molar-refractivity contribution >= 4 is 15.9 Å². The summed E-state index contributed by atoms with van der Waals surface area (Å²) in [5.74, 6) is -0.267. The van der Waals surface area contributed by atoms with Crippen LogP contribution in [0, 0.1) is 5.82 Å². The lowest BCUT2D eigenvalue weighted by Crippen LogP contribution is -2.15. The van der Waals surface area contributed by atoms with Crippen molar-refractivity contribution in [1.29, 1.82) is 0 Å². The van der Waals surface area contributed by atoms with Crippen LogP contribution in [0.25, 0.3) is 0 Å².